The van der Waals surface area contributed by atoms with Gasteiger partial charge in [-0.2, -0.15) is 0 Å². The van der Waals surface area contributed by atoms with Gasteiger partial charge < -0.3 is 14.6 Å². The van der Waals surface area contributed by atoms with Crippen molar-refractivity contribution in [1.82, 2.24) is 0 Å². The Bertz CT molecular complexity index is 1300. The lowest BCUT2D eigenvalue weighted by Crippen LogP contribution is -2.27. The van der Waals surface area contributed by atoms with Crippen LogP contribution >= 0.6 is 24.0 Å². The number of thioether (sulfide) groups is 1. The first-order chi connectivity index (χ1) is 16.4. The Hall–Kier alpha value is -3.62. The van der Waals surface area contributed by atoms with Gasteiger partial charge in [0.25, 0.3) is 5.91 Å². The van der Waals surface area contributed by atoms with Crippen molar-refractivity contribution in [3.8, 4) is 11.5 Å². The van der Waals surface area contributed by atoms with E-state index in [4.69, 9.17) is 21.7 Å². The molecule has 0 spiro atoms. The highest BCUT2D eigenvalue weighted by Gasteiger charge is 2.33. The zero-order valence-electron chi connectivity index (χ0n) is 18.5. The molecule has 172 valence electrons. The van der Waals surface area contributed by atoms with Crippen LogP contribution in [-0.4, -0.2) is 28.4 Å². The van der Waals surface area contributed by atoms with E-state index in [0.29, 0.717) is 33.0 Å². The smallest absolute Gasteiger partial charge is 0.335 e. The molecule has 3 aromatic rings. The largest absolute Gasteiger partial charge is 0.493 e. The van der Waals surface area contributed by atoms with E-state index in [1.807, 2.05) is 37.3 Å². The first kappa shape index (κ1) is 23.5. The molecule has 8 heteroatoms. The highest BCUT2D eigenvalue weighted by molar-refractivity contribution is 8.27. The van der Waals surface area contributed by atoms with Gasteiger partial charge in [-0.15, -0.1) is 0 Å². The van der Waals surface area contributed by atoms with Crippen LogP contribution in [0.4, 0.5) is 5.69 Å². The van der Waals surface area contributed by atoms with Gasteiger partial charge in [0.2, 0.25) is 0 Å². The van der Waals surface area contributed by atoms with Crippen LogP contribution in [-0.2, 0) is 11.4 Å². The number of aryl methyl sites for hydroxylation is 1. The van der Waals surface area contributed by atoms with E-state index in [0.717, 1.165) is 22.9 Å². The Labute approximate surface area is 206 Å². The molecule has 1 heterocycles. The number of carbonyl (C=O) groups excluding carboxylic acids is 1. The molecule has 0 unspecified atom stereocenters. The number of rotatable bonds is 7. The summed E-state index contributed by atoms with van der Waals surface area (Å²) in [5, 5.41) is 9.24. The lowest BCUT2D eigenvalue weighted by Gasteiger charge is -2.15. The highest BCUT2D eigenvalue weighted by atomic mass is 32.2. The summed E-state index contributed by atoms with van der Waals surface area (Å²) in [6.45, 7) is 2.44. The Morgan fingerprint density at radius 2 is 1.85 bits per heavy atom. The standard InChI is InChI=1S/C26H21NO5S2/c1-16-6-8-17(9-7-16)15-32-21-11-10-18(12-22(21)31-2)13-23-24(28)27(26(33)34-23)20-5-3-4-19(14-20)25(29)30/h3-14H,15H2,1-2H3,(H,29,30). The molecule has 34 heavy (non-hydrogen) atoms. The van der Waals surface area contributed by atoms with Crippen LogP contribution in [0.3, 0.4) is 0 Å². The number of aromatic carboxylic acids is 1. The fourth-order valence-corrected chi connectivity index (χ4v) is 4.66. The number of nitrogens with zero attached hydrogens (tertiary/aromatic N) is 1. The molecule has 0 bridgehead atoms. The number of ether oxygens (including phenoxy) is 2. The average molecular weight is 492 g/mol. The highest BCUT2D eigenvalue weighted by Crippen LogP contribution is 2.37. The van der Waals surface area contributed by atoms with E-state index in [2.05, 4.69) is 0 Å². The molecule has 1 N–H and O–H groups in total. The molecule has 0 radical (unpaired) electrons. The summed E-state index contributed by atoms with van der Waals surface area (Å²) in [5.41, 5.74) is 3.49. The second kappa shape index (κ2) is 10.1. The number of thiocarbonyl (C=S) groups is 1. The number of amides is 1. The summed E-state index contributed by atoms with van der Waals surface area (Å²) in [4.78, 5) is 26.1. The van der Waals surface area contributed by atoms with Gasteiger partial charge in [-0.25, -0.2) is 4.79 Å². The fourth-order valence-electron chi connectivity index (χ4n) is 3.36. The lowest BCUT2D eigenvalue weighted by atomic mass is 10.1. The minimum atomic E-state index is -1.07. The number of hydrogen-bond donors (Lipinski definition) is 1. The molecule has 1 aliphatic heterocycles. The molecule has 0 aliphatic carbocycles. The second-order valence-corrected chi connectivity index (χ2v) is 9.23. The van der Waals surface area contributed by atoms with Crippen LogP contribution in [0.2, 0.25) is 0 Å². The van der Waals surface area contributed by atoms with Crippen molar-refractivity contribution in [2.45, 2.75) is 13.5 Å². The SMILES string of the molecule is COc1cc(C=C2SC(=S)N(c3cccc(C(=O)O)c3)C2=O)ccc1OCc1ccc(C)cc1. The molecule has 1 saturated heterocycles. The number of carboxylic acid groups (broad SMARTS) is 1. The Morgan fingerprint density at radius 1 is 1.09 bits per heavy atom. The predicted molar refractivity (Wildman–Crippen MR) is 138 cm³/mol. The van der Waals surface area contributed by atoms with Crippen LogP contribution in [0.25, 0.3) is 6.08 Å². The molecule has 0 saturated carbocycles. The van der Waals surface area contributed by atoms with Crippen LogP contribution < -0.4 is 14.4 Å². The van der Waals surface area contributed by atoms with Gasteiger partial charge in [0.1, 0.15) is 6.61 Å². The Kier molecular flexibility index (Phi) is 7.00. The van der Waals surface area contributed by atoms with Gasteiger partial charge in [0, 0.05) is 0 Å². The van der Waals surface area contributed by atoms with Crippen molar-refractivity contribution in [2.75, 3.05) is 12.0 Å². The first-order valence-electron chi connectivity index (χ1n) is 10.3. The number of methoxy groups -OCH3 is 1. The maximum atomic E-state index is 13.1. The average Bonchev–Trinajstić information content (AvgIpc) is 3.11. The molecular formula is C26H21NO5S2. The number of hydrogen-bond acceptors (Lipinski definition) is 6. The van der Waals surface area contributed by atoms with Crippen molar-refractivity contribution >= 4 is 51.9 Å². The summed E-state index contributed by atoms with van der Waals surface area (Å²) >= 11 is 6.56. The lowest BCUT2D eigenvalue weighted by molar-refractivity contribution is -0.113. The zero-order valence-corrected chi connectivity index (χ0v) is 20.1. The molecule has 1 amide bonds. The third-order valence-corrected chi connectivity index (χ3v) is 6.45. The van der Waals surface area contributed by atoms with E-state index < -0.39 is 5.97 Å². The van der Waals surface area contributed by atoms with Gasteiger partial charge in [0.05, 0.1) is 23.3 Å². The summed E-state index contributed by atoms with van der Waals surface area (Å²) < 4.78 is 11.8. The van der Waals surface area contributed by atoms with E-state index in [1.165, 1.54) is 22.6 Å². The van der Waals surface area contributed by atoms with Crippen LogP contribution in [0, 0.1) is 6.92 Å². The third-order valence-electron chi connectivity index (χ3n) is 5.15. The zero-order chi connectivity index (χ0) is 24.2. The minimum absolute atomic E-state index is 0.0847. The number of benzene rings is 3. The van der Waals surface area contributed by atoms with E-state index in [1.54, 1.807) is 37.5 Å². The minimum Gasteiger partial charge on any atom is -0.493 e. The quantitative estimate of drug-likeness (QED) is 0.336. The Morgan fingerprint density at radius 3 is 2.56 bits per heavy atom. The summed E-state index contributed by atoms with van der Waals surface area (Å²) in [6.07, 6.45) is 1.73. The topological polar surface area (TPSA) is 76.1 Å². The van der Waals surface area contributed by atoms with E-state index in [9.17, 15) is 14.7 Å². The van der Waals surface area contributed by atoms with Crippen molar-refractivity contribution < 1.29 is 24.2 Å². The normalized spacial score (nSPS) is 14.5. The summed E-state index contributed by atoms with van der Waals surface area (Å²) in [5.74, 6) is -0.237. The van der Waals surface area contributed by atoms with E-state index in [-0.39, 0.29) is 11.5 Å². The van der Waals surface area contributed by atoms with Crippen LogP contribution in [0.15, 0.2) is 71.6 Å². The maximum Gasteiger partial charge on any atom is 0.335 e. The van der Waals surface area contributed by atoms with Crippen LogP contribution in [0.1, 0.15) is 27.0 Å². The summed E-state index contributed by atoms with van der Waals surface area (Å²) in [7, 11) is 1.56. The Balaban J connectivity index is 1.53. The molecule has 1 fully saturated rings. The van der Waals surface area contributed by atoms with E-state index >= 15 is 0 Å². The maximum absolute atomic E-state index is 13.1. The van der Waals surface area contributed by atoms with Crippen molar-refractivity contribution in [1.29, 1.82) is 0 Å². The predicted octanol–water partition coefficient (Wildman–Crippen LogP) is 5.69. The fraction of sp³-hybridized carbons (Fsp3) is 0.115. The number of carbonyl (C=O) groups is 2. The van der Waals surface area contributed by atoms with Crippen molar-refractivity contribution in [2.24, 2.45) is 0 Å². The van der Waals surface area contributed by atoms with Crippen molar-refractivity contribution in [3.05, 3.63) is 93.9 Å². The number of carboxylic acids is 1. The van der Waals surface area contributed by atoms with Crippen LogP contribution in [0.5, 0.6) is 11.5 Å². The van der Waals surface area contributed by atoms with Gasteiger partial charge in [-0.3, -0.25) is 9.69 Å². The second-order valence-electron chi connectivity index (χ2n) is 7.56. The monoisotopic (exact) mass is 491 g/mol. The van der Waals surface area contributed by atoms with Gasteiger partial charge in [0.15, 0.2) is 15.8 Å². The van der Waals surface area contributed by atoms with Gasteiger partial charge >= 0.3 is 5.97 Å². The van der Waals surface area contributed by atoms with Gasteiger partial charge in [-0.1, -0.05) is 65.9 Å². The molecule has 6 nitrogen and oxygen atoms in total. The molecule has 0 aromatic heterocycles. The molecule has 3 aromatic carbocycles. The molecule has 4 rings (SSSR count). The first-order valence-corrected chi connectivity index (χ1v) is 11.6. The number of anilines is 1. The summed E-state index contributed by atoms with van der Waals surface area (Å²) in [6, 6.07) is 19.7. The molecule has 0 atom stereocenters. The third kappa shape index (κ3) is 5.13. The van der Waals surface area contributed by atoms with Gasteiger partial charge in [-0.05, 0) is 54.5 Å². The molecular weight excluding hydrogens is 470 g/mol. The van der Waals surface area contributed by atoms with Crippen molar-refractivity contribution in [3.63, 3.8) is 0 Å². The molecule has 1 aliphatic rings.